The van der Waals surface area contributed by atoms with Crippen molar-refractivity contribution in [3.63, 3.8) is 0 Å². The van der Waals surface area contributed by atoms with Crippen LogP contribution in [-0.2, 0) is 0 Å². The van der Waals surface area contributed by atoms with Crippen LogP contribution in [-0.4, -0.2) is 12.9 Å². The molecule has 2 heteroatoms. The highest BCUT2D eigenvalue weighted by Crippen LogP contribution is 2.38. The Morgan fingerprint density at radius 1 is 1.07 bits per heavy atom. The summed E-state index contributed by atoms with van der Waals surface area (Å²) in [4.78, 5) is 12.9. The van der Waals surface area contributed by atoms with Gasteiger partial charge in [-0.1, -0.05) is 69.5 Å². The molecule has 0 heterocycles. The molecular weight excluding hydrogens is 344 g/mol. The van der Waals surface area contributed by atoms with Gasteiger partial charge in [0.05, 0.1) is 7.11 Å². The largest absolute Gasteiger partial charge is 0.497 e. The summed E-state index contributed by atoms with van der Waals surface area (Å²) in [6.07, 6.45) is 9.39. The summed E-state index contributed by atoms with van der Waals surface area (Å²) < 4.78 is 5.29. The van der Waals surface area contributed by atoms with Crippen LogP contribution in [0.1, 0.15) is 92.1 Å². The van der Waals surface area contributed by atoms with E-state index in [1.165, 1.54) is 50.5 Å². The maximum atomic E-state index is 12.9. The fourth-order valence-electron chi connectivity index (χ4n) is 4.51. The van der Waals surface area contributed by atoms with Gasteiger partial charge in [0.1, 0.15) is 5.75 Å². The molecule has 0 aromatic heterocycles. The average molecular weight is 379 g/mol. The fraction of sp³-hybridized carbons (Fsp3) is 0.500. The molecular formula is C26H34O2. The molecule has 0 bridgehead atoms. The summed E-state index contributed by atoms with van der Waals surface area (Å²) in [5, 5.41) is 0. The van der Waals surface area contributed by atoms with Gasteiger partial charge in [0.25, 0.3) is 0 Å². The minimum atomic E-state index is -0.171. The molecule has 1 aliphatic carbocycles. The Bertz CT molecular complexity index is 754. The molecule has 150 valence electrons. The van der Waals surface area contributed by atoms with Crippen LogP contribution in [0.25, 0.3) is 0 Å². The number of ether oxygens (including phenoxy) is 1. The third kappa shape index (κ3) is 5.04. The first-order chi connectivity index (χ1) is 13.6. The first kappa shape index (κ1) is 20.6. The van der Waals surface area contributed by atoms with Crippen LogP contribution in [0.5, 0.6) is 5.75 Å². The van der Waals surface area contributed by atoms with Crippen molar-refractivity contribution in [1.29, 1.82) is 0 Å². The lowest BCUT2D eigenvalue weighted by atomic mass is 9.77. The van der Waals surface area contributed by atoms with Crippen LogP contribution in [0, 0.1) is 5.92 Å². The van der Waals surface area contributed by atoms with Gasteiger partial charge in [-0.25, -0.2) is 0 Å². The van der Waals surface area contributed by atoms with Crippen LogP contribution in [0.3, 0.4) is 0 Å². The molecule has 0 aliphatic heterocycles. The van der Waals surface area contributed by atoms with E-state index in [1.807, 2.05) is 43.3 Å². The lowest BCUT2D eigenvalue weighted by Crippen LogP contribution is -2.14. The summed E-state index contributed by atoms with van der Waals surface area (Å²) in [5.41, 5.74) is 3.20. The number of benzene rings is 2. The zero-order valence-electron chi connectivity index (χ0n) is 17.6. The predicted octanol–water partition coefficient (Wildman–Crippen LogP) is 7.15. The van der Waals surface area contributed by atoms with Gasteiger partial charge in [0, 0.05) is 11.5 Å². The topological polar surface area (TPSA) is 26.3 Å². The van der Waals surface area contributed by atoms with Gasteiger partial charge in [0.15, 0.2) is 5.78 Å². The van der Waals surface area contributed by atoms with E-state index in [0.717, 1.165) is 22.8 Å². The zero-order valence-corrected chi connectivity index (χ0v) is 17.6. The average Bonchev–Trinajstić information content (AvgIpc) is 2.77. The van der Waals surface area contributed by atoms with Crippen molar-refractivity contribution in [2.24, 2.45) is 5.92 Å². The number of carbonyl (C=O) groups is 1. The SMILES string of the molecule is CCCCC1CCC(c2ccc(C(=O)C(C)c3cccc(OC)c3)cc2)CC1. The first-order valence-corrected chi connectivity index (χ1v) is 10.9. The molecule has 2 aromatic rings. The molecule has 0 N–H and O–H groups in total. The van der Waals surface area contributed by atoms with Gasteiger partial charge >= 0.3 is 0 Å². The Labute approximate surface area is 170 Å². The molecule has 3 rings (SSSR count). The number of carbonyl (C=O) groups excluding carboxylic acids is 1. The summed E-state index contributed by atoms with van der Waals surface area (Å²) in [6, 6.07) is 16.2. The van der Waals surface area contributed by atoms with E-state index >= 15 is 0 Å². The molecule has 1 atom stereocenters. The highest BCUT2D eigenvalue weighted by atomic mass is 16.5. The second kappa shape index (κ2) is 9.91. The van der Waals surface area contributed by atoms with Gasteiger partial charge in [-0.3, -0.25) is 4.79 Å². The predicted molar refractivity (Wildman–Crippen MR) is 116 cm³/mol. The standard InChI is InChI=1S/C26H34O2/c1-4-5-7-20-10-12-21(13-11-20)22-14-16-23(17-15-22)26(27)19(2)24-8-6-9-25(18-24)28-3/h6,8-9,14-21H,4-5,7,10-13H2,1-3H3. The van der Waals surface area contributed by atoms with Crippen molar-refractivity contribution in [2.75, 3.05) is 7.11 Å². The lowest BCUT2D eigenvalue weighted by molar-refractivity contribution is 0.0966. The molecule has 1 aliphatic rings. The fourth-order valence-corrected chi connectivity index (χ4v) is 4.51. The third-order valence-electron chi connectivity index (χ3n) is 6.47. The van der Waals surface area contributed by atoms with Gasteiger partial charge in [-0.15, -0.1) is 0 Å². The minimum absolute atomic E-state index is 0.170. The van der Waals surface area contributed by atoms with E-state index in [-0.39, 0.29) is 11.7 Å². The molecule has 28 heavy (non-hydrogen) atoms. The number of Topliss-reactive ketones (excluding diaryl/α,β-unsaturated/α-hetero) is 1. The minimum Gasteiger partial charge on any atom is -0.497 e. The van der Waals surface area contributed by atoms with Gasteiger partial charge in [-0.2, -0.15) is 0 Å². The smallest absolute Gasteiger partial charge is 0.170 e. The second-order valence-electron chi connectivity index (χ2n) is 8.34. The van der Waals surface area contributed by atoms with Gasteiger partial charge < -0.3 is 4.74 Å². The van der Waals surface area contributed by atoms with E-state index in [4.69, 9.17) is 4.74 Å². The van der Waals surface area contributed by atoms with E-state index in [9.17, 15) is 4.79 Å². The van der Waals surface area contributed by atoms with Gasteiger partial charge in [-0.05, 0) is 60.8 Å². The highest BCUT2D eigenvalue weighted by Gasteiger charge is 2.23. The number of methoxy groups -OCH3 is 1. The van der Waals surface area contributed by atoms with E-state index < -0.39 is 0 Å². The normalized spacial score (nSPS) is 20.5. The maximum Gasteiger partial charge on any atom is 0.170 e. The van der Waals surface area contributed by atoms with Crippen LogP contribution in [0.4, 0.5) is 0 Å². The molecule has 1 fully saturated rings. The van der Waals surface area contributed by atoms with Crippen LogP contribution < -0.4 is 4.74 Å². The zero-order chi connectivity index (χ0) is 19.9. The van der Waals surface area contributed by atoms with Crippen molar-refractivity contribution >= 4 is 5.78 Å². The van der Waals surface area contributed by atoms with E-state index in [0.29, 0.717) is 5.92 Å². The second-order valence-corrected chi connectivity index (χ2v) is 8.34. The quantitative estimate of drug-likeness (QED) is 0.456. The van der Waals surface area contributed by atoms with Crippen molar-refractivity contribution in [2.45, 2.75) is 70.6 Å². The van der Waals surface area contributed by atoms with Crippen molar-refractivity contribution in [3.8, 4) is 5.75 Å². The number of rotatable bonds is 8. The molecule has 0 spiro atoms. The highest BCUT2D eigenvalue weighted by molar-refractivity contribution is 6.00. The molecule has 1 unspecified atom stereocenters. The van der Waals surface area contributed by atoms with Crippen LogP contribution >= 0.6 is 0 Å². The Morgan fingerprint density at radius 3 is 2.43 bits per heavy atom. The summed E-state index contributed by atoms with van der Waals surface area (Å²) in [7, 11) is 1.65. The molecule has 2 nitrogen and oxygen atoms in total. The molecule has 1 saturated carbocycles. The Balaban J connectivity index is 1.61. The van der Waals surface area contributed by atoms with E-state index in [2.05, 4.69) is 19.1 Å². The summed E-state index contributed by atoms with van der Waals surface area (Å²) >= 11 is 0. The van der Waals surface area contributed by atoms with E-state index in [1.54, 1.807) is 7.11 Å². The van der Waals surface area contributed by atoms with Gasteiger partial charge in [0.2, 0.25) is 0 Å². The molecule has 0 radical (unpaired) electrons. The van der Waals surface area contributed by atoms with Crippen LogP contribution in [0.15, 0.2) is 48.5 Å². The summed E-state index contributed by atoms with van der Waals surface area (Å²) in [6.45, 7) is 4.26. The third-order valence-corrected chi connectivity index (χ3v) is 6.47. The number of unbranched alkanes of at least 4 members (excludes halogenated alkanes) is 1. The van der Waals surface area contributed by atoms with Crippen molar-refractivity contribution in [1.82, 2.24) is 0 Å². The number of ketones is 1. The Kier molecular flexibility index (Phi) is 7.30. The molecule has 0 saturated heterocycles. The van der Waals surface area contributed by atoms with Crippen LogP contribution in [0.2, 0.25) is 0 Å². The molecule has 0 amide bonds. The Hall–Kier alpha value is -2.09. The number of hydrogen-bond acceptors (Lipinski definition) is 2. The lowest BCUT2D eigenvalue weighted by Gasteiger charge is -2.29. The summed E-state index contributed by atoms with van der Waals surface area (Å²) in [5.74, 6) is 2.39. The van der Waals surface area contributed by atoms with Crippen molar-refractivity contribution < 1.29 is 9.53 Å². The Morgan fingerprint density at radius 2 is 1.79 bits per heavy atom. The molecule has 2 aromatic carbocycles. The number of hydrogen-bond donors (Lipinski definition) is 0. The monoisotopic (exact) mass is 378 g/mol. The maximum absolute atomic E-state index is 12.9. The van der Waals surface area contributed by atoms with Crippen molar-refractivity contribution in [3.05, 3.63) is 65.2 Å². The first-order valence-electron chi connectivity index (χ1n) is 10.9.